The molecule has 3 aliphatic carbocycles. The van der Waals surface area contributed by atoms with Gasteiger partial charge in [-0.25, -0.2) is 0 Å². The van der Waals surface area contributed by atoms with E-state index in [1.807, 2.05) is 11.4 Å². The molecule has 0 spiro atoms. The molecule has 1 saturated heterocycles. The topological polar surface area (TPSA) is 115 Å². The van der Waals surface area contributed by atoms with Crippen molar-refractivity contribution in [3.05, 3.63) is 41.7 Å². The first-order chi connectivity index (χ1) is 17.8. The number of hydrogen-bond acceptors (Lipinski definition) is 5. The van der Waals surface area contributed by atoms with Gasteiger partial charge in [-0.1, -0.05) is 32.9 Å². The number of rotatable bonds is 4. The van der Waals surface area contributed by atoms with Gasteiger partial charge in [-0.2, -0.15) is 18.4 Å². The summed E-state index contributed by atoms with van der Waals surface area (Å²) in [4.78, 5) is 45.2. The molecule has 1 saturated carbocycles. The second kappa shape index (κ2) is 8.82. The zero-order chi connectivity index (χ0) is 27.6. The Labute approximate surface area is 218 Å². The number of pyridine rings is 1. The highest BCUT2D eigenvalue weighted by molar-refractivity contribution is 5.94. The van der Waals surface area contributed by atoms with Gasteiger partial charge in [0.25, 0.3) is 0 Å². The van der Waals surface area contributed by atoms with Crippen LogP contribution in [-0.4, -0.2) is 52.4 Å². The number of likely N-dealkylation sites (tertiary alicyclic amines) is 1. The number of amides is 3. The molecule has 8 nitrogen and oxygen atoms in total. The molecule has 2 N–H and O–H groups in total. The zero-order valence-electron chi connectivity index (χ0n) is 21.4. The van der Waals surface area contributed by atoms with Gasteiger partial charge in [0.05, 0.1) is 6.07 Å². The first-order valence-corrected chi connectivity index (χ1v) is 12.8. The summed E-state index contributed by atoms with van der Waals surface area (Å²) < 4.78 is 39.4. The van der Waals surface area contributed by atoms with Crippen molar-refractivity contribution in [1.29, 1.82) is 5.26 Å². The molecule has 7 atom stereocenters. The largest absolute Gasteiger partial charge is 0.471 e. The number of aromatic nitrogens is 1. The monoisotopic (exact) mass is 529 g/mol. The van der Waals surface area contributed by atoms with Gasteiger partial charge in [0.15, 0.2) is 5.54 Å². The van der Waals surface area contributed by atoms with Crippen LogP contribution in [-0.2, 0) is 26.3 Å². The van der Waals surface area contributed by atoms with E-state index in [1.54, 1.807) is 39.2 Å². The molecule has 5 rings (SSSR count). The van der Waals surface area contributed by atoms with Gasteiger partial charge in [-0.3, -0.25) is 19.4 Å². The number of allylic oxidation sites excluding steroid dienone is 2. The van der Waals surface area contributed by atoms with E-state index in [2.05, 4.69) is 22.4 Å². The van der Waals surface area contributed by atoms with E-state index < -0.39 is 46.9 Å². The molecule has 11 heteroatoms. The normalized spacial score (nSPS) is 31.9. The van der Waals surface area contributed by atoms with Crippen molar-refractivity contribution < 1.29 is 27.6 Å². The first kappa shape index (κ1) is 26.2. The Morgan fingerprint density at radius 2 is 1.92 bits per heavy atom. The zero-order valence-corrected chi connectivity index (χ0v) is 21.4. The van der Waals surface area contributed by atoms with Crippen molar-refractivity contribution >= 4 is 17.7 Å². The van der Waals surface area contributed by atoms with Gasteiger partial charge in [0.1, 0.15) is 12.1 Å². The standard InChI is InChI=1S/C27H30F3N5O3/c1-25(2,3)21(33-24(38)27(28,29)30)23(37)35-12-17-15-4-5-16(10-15)19(17)20(35)22(36)34-26(13-31)8-6-14-7-9-32-11-18(14)26/h4-5,7,9,11,15-17,19-21H,6,8,10,12H2,1-3H3,(H,33,38)(H,34,36)/t15-,16+,17-,19+,20+,21-,26?/m1/s1. The molecular weight excluding hydrogens is 499 g/mol. The number of carbonyl (C=O) groups is 3. The van der Waals surface area contributed by atoms with Crippen LogP contribution < -0.4 is 10.6 Å². The number of nitriles is 1. The third-order valence-corrected chi connectivity index (χ3v) is 8.66. The molecule has 2 fully saturated rings. The van der Waals surface area contributed by atoms with Gasteiger partial charge in [0.2, 0.25) is 11.8 Å². The van der Waals surface area contributed by atoms with Crippen molar-refractivity contribution in [3.63, 3.8) is 0 Å². The van der Waals surface area contributed by atoms with Crippen LogP contribution in [0.2, 0.25) is 0 Å². The van der Waals surface area contributed by atoms with Crippen LogP contribution >= 0.6 is 0 Å². The number of nitrogens with one attached hydrogen (secondary N) is 2. The first-order valence-electron chi connectivity index (χ1n) is 12.8. The summed E-state index contributed by atoms with van der Waals surface area (Å²) in [5.41, 5.74) is -0.849. The molecule has 0 radical (unpaired) electrons. The average molecular weight is 530 g/mol. The van der Waals surface area contributed by atoms with Gasteiger partial charge in [-0.15, -0.1) is 0 Å². The maximum atomic E-state index is 14.0. The third-order valence-electron chi connectivity index (χ3n) is 8.66. The molecule has 38 heavy (non-hydrogen) atoms. The van der Waals surface area contributed by atoms with E-state index in [9.17, 15) is 32.8 Å². The summed E-state index contributed by atoms with van der Waals surface area (Å²) in [5.74, 6) is -3.49. The van der Waals surface area contributed by atoms with Gasteiger partial charge in [0, 0.05) is 24.5 Å². The van der Waals surface area contributed by atoms with Gasteiger partial charge < -0.3 is 15.5 Å². The lowest BCUT2D eigenvalue weighted by Gasteiger charge is -2.37. The van der Waals surface area contributed by atoms with E-state index in [-0.39, 0.29) is 30.2 Å². The SMILES string of the molecule is CC(C)(C)[C@H](NC(=O)C(F)(F)F)C(=O)N1C[C@H]2[C@@H]([C@H]1C(=O)NC1(C#N)CCc3ccncc31)[C@H]1C=C[C@@H]2C1. The lowest BCUT2D eigenvalue weighted by atomic mass is 9.81. The van der Waals surface area contributed by atoms with Crippen LogP contribution in [0.1, 0.15) is 44.7 Å². The van der Waals surface area contributed by atoms with Crippen LogP contribution in [0.25, 0.3) is 0 Å². The third kappa shape index (κ3) is 4.14. The molecule has 1 aliphatic heterocycles. The lowest BCUT2D eigenvalue weighted by molar-refractivity contribution is -0.176. The van der Waals surface area contributed by atoms with Crippen LogP contribution in [0.4, 0.5) is 13.2 Å². The number of nitrogens with zero attached hydrogens (tertiary/aromatic N) is 3. The Bertz CT molecular complexity index is 1250. The molecule has 1 unspecified atom stereocenters. The number of alkyl halides is 3. The minimum Gasteiger partial charge on any atom is -0.336 e. The van der Waals surface area contributed by atoms with Crippen LogP contribution in [0, 0.1) is 40.4 Å². The minimum absolute atomic E-state index is 0.0285. The summed E-state index contributed by atoms with van der Waals surface area (Å²) >= 11 is 0. The summed E-state index contributed by atoms with van der Waals surface area (Å²) in [6, 6.07) is 1.57. The Morgan fingerprint density at radius 1 is 1.21 bits per heavy atom. The molecular formula is C27H30F3N5O3. The molecule has 1 aromatic heterocycles. The second-order valence-electron chi connectivity index (χ2n) is 11.9. The summed E-state index contributed by atoms with van der Waals surface area (Å²) in [6.45, 7) is 4.89. The fraction of sp³-hybridized carbons (Fsp3) is 0.593. The van der Waals surface area contributed by atoms with Crippen LogP contribution in [0.5, 0.6) is 0 Å². The number of hydrogen-bond donors (Lipinski definition) is 2. The highest BCUT2D eigenvalue weighted by atomic mass is 19.4. The summed E-state index contributed by atoms with van der Waals surface area (Å²) in [6.07, 6.45) is 3.93. The Morgan fingerprint density at radius 3 is 2.58 bits per heavy atom. The molecule has 202 valence electrons. The van der Waals surface area contributed by atoms with Gasteiger partial charge >= 0.3 is 12.1 Å². The van der Waals surface area contributed by atoms with Crippen LogP contribution in [0.15, 0.2) is 30.6 Å². The highest BCUT2D eigenvalue weighted by Gasteiger charge is 2.60. The molecule has 4 aliphatic rings. The van der Waals surface area contributed by atoms with Crippen molar-refractivity contribution in [1.82, 2.24) is 20.5 Å². The van der Waals surface area contributed by atoms with Crippen molar-refractivity contribution in [3.8, 4) is 6.07 Å². The Balaban J connectivity index is 1.48. The maximum Gasteiger partial charge on any atom is 0.471 e. The summed E-state index contributed by atoms with van der Waals surface area (Å²) in [7, 11) is 0. The number of aryl methyl sites for hydroxylation is 1. The Kier molecular flexibility index (Phi) is 6.08. The predicted octanol–water partition coefficient (Wildman–Crippen LogP) is 2.61. The molecule has 2 heterocycles. The number of halogens is 3. The molecule has 3 amide bonds. The lowest BCUT2D eigenvalue weighted by Crippen LogP contribution is -2.61. The Hall–Kier alpha value is -3.42. The minimum atomic E-state index is -5.16. The van der Waals surface area contributed by atoms with Crippen molar-refractivity contribution in [2.45, 2.75) is 63.8 Å². The smallest absolute Gasteiger partial charge is 0.336 e. The quantitative estimate of drug-likeness (QED) is 0.582. The van der Waals surface area contributed by atoms with Gasteiger partial charge in [-0.05, 0) is 60.0 Å². The second-order valence-corrected chi connectivity index (χ2v) is 11.9. The summed E-state index contributed by atoms with van der Waals surface area (Å²) in [5, 5.41) is 14.9. The fourth-order valence-corrected chi connectivity index (χ4v) is 6.85. The average Bonchev–Trinajstić information content (AvgIpc) is 3.61. The maximum absolute atomic E-state index is 14.0. The van der Waals surface area contributed by atoms with E-state index in [0.717, 1.165) is 12.0 Å². The fourth-order valence-electron chi connectivity index (χ4n) is 6.85. The highest BCUT2D eigenvalue weighted by Crippen LogP contribution is 2.54. The van der Waals surface area contributed by atoms with E-state index >= 15 is 0 Å². The van der Waals surface area contributed by atoms with Crippen molar-refractivity contribution in [2.24, 2.45) is 29.1 Å². The van der Waals surface area contributed by atoms with E-state index in [4.69, 9.17) is 0 Å². The van der Waals surface area contributed by atoms with E-state index in [1.165, 1.54) is 4.90 Å². The van der Waals surface area contributed by atoms with E-state index in [0.29, 0.717) is 18.4 Å². The number of carbonyl (C=O) groups excluding carboxylic acids is 3. The van der Waals surface area contributed by atoms with Crippen LogP contribution in [0.3, 0.4) is 0 Å². The molecule has 1 aromatic rings. The van der Waals surface area contributed by atoms with Crippen molar-refractivity contribution in [2.75, 3.05) is 6.54 Å². The molecule has 0 aromatic carbocycles. The predicted molar refractivity (Wildman–Crippen MR) is 129 cm³/mol. The number of fused-ring (bicyclic) bond motifs is 6. The molecule has 2 bridgehead atoms.